The predicted molar refractivity (Wildman–Crippen MR) is 133 cm³/mol. The summed E-state index contributed by atoms with van der Waals surface area (Å²) in [7, 11) is 2.15. The first-order chi connectivity index (χ1) is 17.0. The molecule has 200 valence electrons. The molecule has 2 fully saturated rings. The van der Waals surface area contributed by atoms with Gasteiger partial charge in [-0.2, -0.15) is 13.2 Å². The van der Waals surface area contributed by atoms with Crippen LogP contribution in [0, 0.1) is 0 Å². The highest BCUT2D eigenvalue weighted by Gasteiger charge is 2.33. The molecular weight excluding hydrogens is 471 g/mol. The lowest BCUT2D eigenvalue weighted by Gasteiger charge is -2.41. The van der Waals surface area contributed by atoms with Crippen LogP contribution in [0.2, 0.25) is 0 Å². The minimum absolute atomic E-state index is 0.0112. The van der Waals surface area contributed by atoms with Crippen molar-refractivity contribution >= 4 is 16.9 Å². The van der Waals surface area contributed by atoms with Crippen LogP contribution >= 0.6 is 0 Å². The maximum atomic E-state index is 12.9. The number of likely N-dealkylation sites (tertiary alicyclic amines) is 1. The van der Waals surface area contributed by atoms with Gasteiger partial charge < -0.3 is 20.1 Å². The Morgan fingerprint density at radius 2 is 1.89 bits per heavy atom. The van der Waals surface area contributed by atoms with Gasteiger partial charge in [-0.3, -0.25) is 0 Å². The van der Waals surface area contributed by atoms with Crippen molar-refractivity contribution in [3.8, 4) is 5.88 Å². The zero-order valence-corrected chi connectivity index (χ0v) is 21.6. The van der Waals surface area contributed by atoms with E-state index >= 15 is 0 Å². The number of pyridine rings is 1. The Labute approximate surface area is 210 Å². The monoisotopic (exact) mass is 509 g/mol. The van der Waals surface area contributed by atoms with E-state index in [0.717, 1.165) is 37.7 Å². The molecule has 2 N–H and O–H groups in total. The van der Waals surface area contributed by atoms with E-state index in [1.807, 2.05) is 0 Å². The van der Waals surface area contributed by atoms with E-state index in [4.69, 9.17) is 4.74 Å². The minimum Gasteiger partial charge on any atom is -0.474 e. The van der Waals surface area contributed by atoms with Gasteiger partial charge in [-0.05, 0) is 71.8 Å². The van der Waals surface area contributed by atoms with Gasteiger partial charge >= 0.3 is 6.18 Å². The fourth-order valence-electron chi connectivity index (χ4n) is 5.67. The molecule has 1 saturated heterocycles. The van der Waals surface area contributed by atoms with Crippen molar-refractivity contribution in [2.45, 2.75) is 115 Å². The summed E-state index contributed by atoms with van der Waals surface area (Å²) >= 11 is 0. The van der Waals surface area contributed by atoms with Crippen LogP contribution in [0.1, 0.15) is 83.6 Å². The number of aliphatic hydroxyl groups is 1. The molecule has 7 nitrogen and oxygen atoms in total. The zero-order chi connectivity index (χ0) is 26.0. The molecule has 1 aliphatic carbocycles. The molecule has 0 aromatic carbocycles. The second kappa shape index (κ2) is 11.0. The number of alkyl halides is 3. The Bertz CT molecular complexity index is 1030. The molecule has 4 rings (SSSR count). The van der Waals surface area contributed by atoms with Crippen LogP contribution in [0.25, 0.3) is 10.9 Å². The van der Waals surface area contributed by atoms with Gasteiger partial charge in [-0.1, -0.05) is 6.92 Å². The van der Waals surface area contributed by atoms with Gasteiger partial charge in [0.2, 0.25) is 11.8 Å². The predicted octanol–water partition coefficient (Wildman–Crippen LogP) is 5.44. The van der Waals surface area contributed by atoms with Crippen LogP contribution in [-0.4, -0.2) is 68.5 Å². The van der Waals surface area contributed by atoms with Crippen molar-refractivity contribution in [2.75, 3.05) is 12.4 Å². The van der Waals surface area contributed by atoms with Crippen molar-refractivity contribution in [1.82, 2.24) is 19.9 Å². The molecule has 36 heavy (non-hydrogen) atoms. The highest BCUT2D eigenvalue weighted by Crippen LogP contribution is 2.38. The summed E-state index contributed by atoms with van der Waals surface area (Å²) in [5.74, 6) is 0.796. The number of aliphatic hydroxyl groups excluding tert-OH is 1. The quantitative estimate of drug-likeness (QED) is 0.515. The largest absolute Gasteiger partial charge is 0.474 e. The average Bonchev–Trinajstić information content (AvgIpc) is 2.81. The number of fused-ring (bicyclic) bond motifs is 1. The summed E-state index contributed by atoms with van der Waals surface area (Å²) in [5.41, 5.74) is 1.59. The van der Waals surface area contributed by atoms with Crippen LogP contribution in [0.3, 0.4) is 0 Å². The lowest BCUT2D eigenvalue weighted by molar-refractivity contribution is -0.136. The zero-order valence-electron chi connectivity index (χ0n) is 21.6. The Kier molecular flexibility index (Phi) is 8.24. The SMILES string of the molecule is CC[C@@H]1CC(Oc2ncc(C3CCC(O)CC3)c3nc(N[C@@H](C)CC(F)(F)F)ncc23)C[C@H](C)N1C. The van der Waals surface area contributed by atoms with Crippen LogP contribution in [0.4, 0.5) is 19.1 Å². The summed E-state index contributed by atoms with van der Waals surface area (Å²) in [6, 6.07) is -0.0461. The first kappa shape index (κ1) is 26.9. The van der Waals surface area contributed by atoms with Gasteiger partial charge in [0.05, 0.1) is 23.4 Å². The van der Waals surface area contributed by atoms with Crippen molar-refractivity contribution < 1.29 is 23.0 Å². The number of nitrogens with one attached hydrogen (secondary N) is 1. The number of ether oxygens (including phenoxy) is 1. The van der Waals surface area contributed by atoms with Crippen LogP contribution in [0.15, 0.2) is 12.4 Å². The lowest BCUT2D eigenvalue weighted by Crippen LogP contribution is -2.48. The molecule has 1 unspecified atom stereocenters. The summed E-state index contributed by atoms with van der Waals surface area (Å²) in [4.78, 5) is 16.1. The number of halogens is 3. The van der Waals surface area contributed by atoms with Crippen LogP contribution in [0.5, 0.6) is 5.88 Å². The van der Waals surface area contributed by atoms with E-state index in [0.29, 0.717) is 41.7 Å². The average molecular weight is 510 g/mol. The van der Waals surface area contributed by atoms with Gasteiger partial charge in [0.25, 0.3) is 0 Å². The van der Waals surface area contributed by atoms with E-state index in [-0.39, 0.29) is 24.1 Å². The highest BCUT2D eigenvalue weighted by atomic mass is 19.4. The van der Waals surface area contributed by atoms with Crippen molar-refractivity contribution in [1.29, 1.82) is 0 Å². The molecule has 0 bridgehead atoms. The van der Waals surface area contributed by atoms with Crippen molar-refractivity contribution in [3.63, 3.8) is 0 Å². The Morgan fingerprint density at radius 3 is 2.56 bits per heavy atom. The topological polar surface area (TPSA) is 83.4 Å². The van der Waals surface area contributed by atoms with Crippen molar-refractivity contribution in [3.05, 3.63) is 18.0 Å². The Balaban J connectivity index is 1.65. The normalized spacial score (nSPS) is 28.7. The number of piperidine rings is 1. The van der Waals surface area contributed by atoms with Gasteiger partial charge in [0, 0.05) is 36.1 Å². The minimum atomic E-state index is -4.27. The number of aromatic nitrogens is 3. The lowest BCUT2D eigenvalue weighted by atomic mass is 9.83. The van der Waals surface area contributed by atoms with E-state index in [2.05, 4.69) is 46.1 Å². The first-order valence-electron chi connectivity index (χ1n) is 13.1. The number of nitrogens with zero attached hydrogens (tertiary/aromatic N) is 4. The van der Waals surface area contributed by atoms with Gasteiger partial charge in [0.1, 0.15) is 6.10 Å². The summed E-state index contributed by atoms with van der Waals surface area (Å²) < 4.78 is 45.0. The second-order valence-corrected chi connectivity index (χ2v) is 10.6. The number of hydrogen-bond donors (Lipinski definition) is 2. The number of hydrogen-bond acceptors (Lipinski definition) is 7. The third-order valence-corrected chi connectivity index (χ3v) is 7.82. The maximum Gasteiger partial charge on any atom is 0.391 e. The van der Waals surface area contributed by atoms with E-state index in [1.165, 1.54) is 6.92 Å². The Morgan fingerprint density at radius 1 is 1.17 bits per heavy atom. The first-order valence-corrected chi connectivity index (χ1v) is 13.1. The maximum absolute atomic E-state index is 12.9. The summed E-state index contributed by atoms with van der Waals surface area (Å²) in [6.07, 6.45) is 3.72. The third kappa shape index (κ3) is 6.37. The highest BCUT2D eigenvalue weighted by molar-refractivity contribution is 5.86. The molecule has 2 aromatic rings. The molecule has 10 heteroatoms. The van der Waals surface area contributed by atoms with Crippen LogP contribution in [-0.2, 0) is 0 Å². The van der Waals surface area contributed by atoms with Gasteiger partial charge in [-0.15, -0.1) is 0 Å². The molecule has 0 amide bonds. The standard InChI is InChI=1S/C26H38F3N5O2/c1-5-18-11-20(10-16(3)34(18)4)36-24-22-14-31-25(32-15(2)12-26(27,28)29)33-23(22)21(13-30-24)17-6-8-19(35)9-7-17/h13-20,35H,5-12H2,1-4H3,(H,31,32,33)/t15-,16-,17?,18+,19?,20?/m0/s1. The second-order valence-electron chi connectivity index (χ2n) is 10.6. The molecular formula is C26H38F3N5O2. The smallest absolute Gasteiger partial charge is 0.391 e. The van der Waals surface area contributed by atoms with E-state index in [9.17, 15) is 18.3 Å². The molecule has 2 aliphatic rings. The van der Waals surface area contributed by atoms with Gasteiger partial charge in [0.15, 0.2) is 0 Å². The van der Waals surface area contributed by atoms with Crippen LogP contribution < -0.4 is 10.1 Å². The molecule has 0 spiro atoms. The fraction of sp³-hybridized carbons (Fsp3) is 0.731. The third-order valence-electron chi connectivity index (χ3n) is 7.82. The molecule has 1 aliphatic heterocycles. The molecule has 4 atom stereocenters. The fourth-order valence-corrected chi connectivity index (χ4v) is 5.67. The Hall–Kier alpha value is -2.20. The molecule has 1 saturated carbocycles. The molecule has 3 heterocycles. The molecule has 2 aromatic heterocycles. The number of rotatable bonds is 7. The van der Waals surface area contributed by atoms with Crippen molar-refractivity contribution in [2.24, 2.45) is 0 Å². The molecule has 0 radical (unpaired) electrons. The van der Waals surface area contributed by atoms with E-state index in [1.54, 1.807) is 12.4 Å². The number of anilines is 1. The van der Waals surface area contributed by atoms with Gasteiger partial charge in [-0.25, -0.2) is 15.0 Å². The summed E-state index contributed by atoms with van der Waals surface area (Å²) in [6.45, 7) is 5.85. The summed E-state index contributed by atoms with van der Waals surface area (Å²) in [5, 5.41) is 13.4. The van der Waals surface area contributed by atoms with E-state index < -0.39 is 18.6 Å².